The van der Waals surface area contributed by atoms with Gasteiger partial charge in [-0.15, -0.1) is 0 Å². The van der Waals surface area contributed by atoms with Crippen LogP contribution in [0.2, 0.25) is 0 Å². The van der Waals surface area contributed by atoms with E-state index < -0.39 is 12.0 Å². The zero-order chi connectivity index (χ0) is 11.7. The van der Waals surface area contributed by atoms with Gasteiger partial charge in [0.25, 0.3) is 0 Å². The molecule has 2 rings (SSSR count). The van der Waals surface area contributed by atoms with E-state index in [1.165, 1.54) is 6.07 Å². The monoisotopic (exact) mass is 225 g/mol. The third kappa shape index (κ3) is 1.87. The number of phenols is 1. The van der Waals surface area contributed by atoms with Gasteiger partial charge in [0.2, 0.25) is 12.5 Å². The molecular formula is C10H11NO5. The molecule has 0 radical (unpaired) electrons. The molecule has 1 aromatic rings. The van der Waals surface area contributed by atoms with Crippen LogP contribution >= 0.6 is 0 Å². The Morgan fingerprint density at radius 2 is 2.25 bits per heavy atom. The number of fused-ring (bicyclic) bond motifs is 1. The minimum atomic E-state index is -1.09. The zero-order valence-electron chi connectivity index (χ0n) is 8.34. The van der Waals surface area contributed by atoms with Crippen LogP contribution in [0.3, 0.4) is 0 Å². The van der Waals surface area contributed by atoms with E-state index in [9.17, 15) is 9.90 Å². The predicted molar refractivity (Wildman–Crippen MR) is 53.5 cm³/mol. The first-order chi connectivity index (χ1) is 7.58. The van der Waals surface area contributed by atoms with Crippen LogP contribution in [0.15, 0.2) is 12.1 Å². The summed E-state index contributed by atoms with van der Waals surface area (Å²) >= 11 is 0. The van der Waals surface area contributed by atoms with E-state index in [0.717, 1.165) is 0 Å². The number of aliphatic carboxylic acids is 1. The Labute approximate surface area is 91.2 Å². The van der Waals surface area contributed by atoms with Gasteiger partial charge in [-0.25, -0.2) is 0 Å². The summed E-state index contributed by atoms with van der Waals surface area (Å²) in [5.41, 5.74) is 5.98. The Bertz CT molecular complexity index is 431. The van der Waals surface area contributed by atoms with Crippen molar-refractivity contribution in [3.63, 3.8) is 0 Å². The van der Waals surface area contributed by atoms with Gasteiger partial charge >= 0.3 is 5.97 Å². The molecule has 0 fully saturated rings. The fourth-order valence-corrected chi connectivity index (χ4v) is 1.51. The average Bonchev–Trinajstić information content (AvgIpc) is 2.65. The summed E-state index contributed by atoms with van der Waals surface area (Å²) in [7, 11) is 0. The van der Waals surface area contributed by atoms with Gasteiger partial charge in [0, 0.05) is 0 Å². The minimum absolute atomic E-state index is 0.0529. The maximum Gasteiger partial charge on any atom is 0.320 e. The van der Waals surface area contributed by atoms with Gasteiger partial charge in [0.1, 0.15) is 6.04 Å². The van der Waals surface area contributed by atoms with Crippen LogP contribution in [0.25, 0.3) is 0 Å². The number of hydrogen-bond acceptors (Lipinski definition) is 5. The molecule has 1 aliphatic rings. The molecule has 4 N–H and O–H groups in total. The lowest BCUT2D eigenvalue weighted by Gasteiger charge is -2.08. The topological polar surface area (TPSA) is 102 Å². The second-order valence-electron chi connectivity index (χ2n) is 3.50. The number of rotatable bonds is 3. The molecule has 0 spiro atoms. The fraction of sp³-hybridized carbons (Fsp3) is 0.300. The molecule has 1 unspecified atom stereocenters. The van der Waals surface area contributed by atoms with E-state index in [1.807, 2.05) is 0 Å². The molecule has 16 heavy (non-hydrogen) atoms. The van der Waals surface area contributed by atoms with Crippen LogP contribution in [-0.4, -0.2) is 29.0 Å². The normalized spacial score (nSPS) is 14.8. The lowest BCUT2D eigenvalue weighted by Crippen LogP contribution is -2.32. The molecule has 0 bridgehead atoms. The number of aromatic hydroxyl groups is 1. The molecule has 6 nitrogen and oxygen atoms in total. The molecule has 6 heteroatoms. The van der Waals surface area contributed by atoms with Crippen molar-refractivity contribution in [1.29, 1.82) is 0 Å². The summed E-state index contributed by atoms with van der Waals surface area (Å²) in [5.74, 6) is -0.458. The van der Waals surface area contributed by atoms with Crippen molar-refractivity contribution in [3.05, 3.63) is 17.7 Å². The third-order valence-electron chi connectivity index (χ3n) is 2.29. The van der Waals surface area contributed by atoms with Gasteiger partial charge in [0.05, 0.1) is 0 Å². The standard InChI is InChI=1S/C10H11NO5/c11-6(10(13)14)1-5-2-7(12)9-8(3-5)15-4-16-9/h2-3,6,12H,1,4,11H2,(H,13,14). The van der Waals surface area contributed by atoms with Crippen molar-refractivity contribution in [3.8, 4) is 17.2 Å². The Morgan fingerprint density at radius 3 is 2.94 bits per heavy atom. The molecule has 0 aromatic heterocycles. The van der Waals surface area contributed by atoms with Crippen molar-refractivity contribution in [2.75, 3.05) is 6.79 Å². The average molecular weight is 225 g/mol. The quantitative estimate of drug-likeness (QED) is 0.673. The number of carboxylic acids is 1. The van der Waals surface area contributed by atoms with Crippen molar-refractivity contribution in [2.24, 2.45) is 5.73 Å². The molecule has 1 atom stereocenters. The van der Waals surface area contributed by atoms with Gasteiger partial charge in [-0.2, -0.15) is 0 Å². The van der Waals surface area contributed by atoms with E-state index in [0.29, 0.717) is 11.3 Å². The zero-order valence-corrected chi connectivity index (χ0v) is 8.34. The van der Waals surface area contributed by atoms with Gasteiger partial charge in [-0.05, 0) is 24.1 Å². The van der Waals surface area contributed by atoms with Crippen LogP contribution in [0.5, 0.6) is 17.2 Å². The largest absolute Gasteiger partial charge is 0.504 e. The van der Waals surface area contributed by atoms with E-state index in [2.05, 4.69) is 0 Å². The van der Waals surface area contributed by atoms with Crippen LogP contribution in [0.4, 0.5) is 0 Å². The first-order valence-electron chi connectivity index (χ1n) is 4.68. The Balaban J connectivity index is 2.23. The third-order valence-corrected chi connectivity index (χ3v) is 2.29. The highest BCUT2D eigenvalue weighted by molar-refractivity contribution is 5.73. The Kier molecular flexibility index (Phi) is 2.57. The number of carbonyl (C=O) groups is 1. The molecule has 0 amide bonds. The van der Waals surface area contributed by atoms with Crippen molar-refractivity contribution >= 4 is 5.97 Å². The molecule has 86 valence electrons. The smallest absolute Gasteiger partial charge is 0.320 e. The number of carboxylic acid groups (broad SMARTS) is 1. The van der Waals surface area contributed by atoms with Crippen molar-refractivity contribution in [1.82, 2.24) is 0 Å². The SMILES string of the molecule is NC(Cc1cc(O)c2c(c1)OCO2)C(=O)O. The first kappa shape index (κ1) is 10.6. The van der Waals surface area contributed by atoms with Gasteiger partial charge in [-0.3, -0.25) is 4.79 Å². The summed E-state index contributed by atoms with van der Waals surface area (Å²) in [6.07, 6.45) is 0.125. The number of hydrogen-bond donors (Lipinski definition) is 3. The summed E-state index contributed by atoms with van der Waals surface area (Å²) in [6, 6.07) is 2.04. The van der Waals surface area contributed by atoms with Crippen LogP contribution in [0.1, 0.15) is 5.56 Å². The van der Waals surface area contributed by atoms with E-state index >= 15 is 0 Å². The van der Waals surface area contributed by atoms with Gasteiger partial charge in [-0.1, -0.05) is 0 Å². The first-order valence-corrected chi connectivity index (χ1v) is 4.68. The van der Waals surface area contributed by atoms with Crippen LogP contribution in [-0.2, 0) is 11.2 Å². The molecular weight excluding hydrogens is 214 g/mol. The highest BCUT2D eigenvalue weighted by atomic mass is 16.7. The summed E-state index contributed by atoms with van der Waals surface area (Å²) in [4.78, 5) is 10.6. The molecule has 1 aromatic carbocycles. The maximum atomic E-state index is 10.6. The Hall–Kier alpha value is -1.95. The maximum absolute atomic E-state index is 10.6. The van der Waals surface area contributed by atoms with Gasteiger partial charge < -0.3 is 25.4 Å². The highest BCUT2D eigenvalue weighted by Gasteiger charge is 2.21. The van der Waals surface area contributed by atoms with E-state index in [-0.39, 0.29) is 24.7 Å². The van der Waals surface area contributed by atoms with Crippen molar-refractivity contribution in [2.45, 2.75) is 12.5 Å². The van der Waals surface area contributed by atoms with E-state index in [1.54, 1.807) is 6.07 Å². The number of ether oxygens (including phenoxy) is 2. The lowest BCUT2D eigenvalue weighted by atomic mass is 10.1. The Morgan fingerprint density at radius 1 is 1.50 bits per heavy atom. The van der Waals surface area contributed by atoms with Crippen LogP contribution < -0.4 is 15.2 Å². The molecule has 1 heterocycles. The molecule has 1 aliphatic heterocycles. The second-order valence-corrected chi connectivity index (χ2v) is 3.50. The predicted octanol–water partition coefficient (Wildman–Crippen LogP) is 0.0753. The van der Waals surface area contributed by atoms with Gasteiger partial charge in [0.15, 0.2) is 11.5 Å². The minimum Gasteiger partial charge on any atom is -0.504 e. The second kappa shape index (κ2) is 3.90. The summed E-state index contributed by atoms with van der Waals surface area (Å²) in [5, 5.41) is 18.2. The van der Waals surface area contributed by atoms with Crippen molar-refractivity contribution < 1.29 is 24.5 Å². The fourth-order valence-electron chi connectivity index (χ4n) is 1.51. The van der Waals surface area contributed by atoms with Crippen LogP contribution in [0, 0.1) is 0 Å². The molecule has 0 aliphatic carbocycles. The lowest BCUT2D eigenvalue weighted by molar-refractivity contribution is -0.138. The summed E-state index contributed by atoms with van der Waals surface area (Å²) < 4.78 is 10.1. The highest BCUT2D eigenvalue weighted by Crippen LogP contribution is 2.41. The number of nitrogens with two attached hydrogens (primary N) is 1. The molecule has 0 saturated carbocycles. The number of benzene rings is 1. The summed E-state index contributed by atoms with van der Waals surface area (Å²) in [6.45, 7) is 0.0529. The molecule has 0 saturated heterocycles. The van der Waals surface area contributed by atoms with E-state index in [4.69, 9.17) is 20.3 Å². The number of phenolic OH excluding ortho intramolecular Hbond substituents is 1.